The zero-order valence-electron chi connectivity index (χ0n) is 20.6. The van der Waals surface area contributed by atoms with Crippen molar-refractivity contribution in [2.24, 2.45) is 10.7 Å². The SMILES string of the molecule is CCCC(=Nc1ccc(N(CC(C)(C)N)S(C)(=O)=O)cc1)c1c(O)[nH]c2cc(C(=O)OC)ccc12. The molecule has 35 heavy (non-hydrogen) atoms. The number of aromatic hydroxyl groups is 1. The minimum absolute atomic E-state index is 0.0423. The van der Waals surface area contributed by atoms with Crippen LogP contribution >= 0.6 is 0 Å². The van der Waals surface area contributed by atoms with E-state index < -0.39 is 21.5 Å². The van der Waals surface area contributed by atoms with Crippen molar-refractivity contribution in [2.75, 3.05) is 24.2 Å². The van der Waals surface area contributed by atoms with Gasteiger partial charge in [0.05, 0.1) is 48.1 Å². The summed E-state index contributed by atoms with van der Waals surface area (Å²) >= 11 is 0. The molecule has 0 spiro atoms. The highest BCUT2D eigenvalue weighted by atomic mass is 32.2. The van der Waals surface area contributed by atoms with E-state index in [4.69, 9.17) is 15.5 Å². The minimum Gasteiger partial charge on any atom is -0.494 e. The van der Waals surface area contributed by atoms with Gasteiger partial charge in [-0.3, -0.25) is 9.30 Å². The molecule has 0 saturated carbocycles. The number of aromatic nitrogens is 1. The molecule has 1 aromatic heterocycles. The van der Waals surface area contributed by atoms with Gasteiger partial charge in [-0.15, -0.1) is 0 Å². The summed E-state index contributed by atoms with van der Waals surface area (Å²) in [4.78, 5) is 19.6. The largest absolute Gasteiger partial charge is 0.494 e. The number of nitrogens with zero attached hydrogens (tertiary/aromatic N) is 2. The number of fused-ring (bicyclic) bond motifs is 1. The number of aromatic amines is 1. The predicted molar refractivity (Wildman–Crippen MR) is 139 cm³/mol. The molecule has 3 aromatic rings. The van der Waals surface area contributed by atoms with Gasteiger partial charge in [-0.05, 0) is 56.7 Å². The molecule has 2 aromatic carbocycles. The summed E-state index contributed by atoms with van der Waals surface area (Å²) < 4.78 is 30.7. The van der Waals surface area contributed by atoms with Gasteiger partial charge in [-0.2, -0.15) is 0 Å². The van der Waals surface area contributed by atoms with E-state index in [1.54, 1.807) is 56.3 Å². The van der Waals surface area contributed by atoms with Crippen molar-refractivity contribution in [1.82, 2.24) is 4.98 Å². The van der Waals surface area contributed by atoms with Crippen molar-refractivity contribution >= 4 is 44.0 Å². The van der Waals surface area contributed by atoms with Gasteiger partial charge in [-0.25, -0.2) is 13.2 Å². The summed E-state index contributed by atoms with van der Waals surface area (Å²) in [5.74, 6) is -0.509. The third-order valence-corrected chi connectivity index (χ3v) is 6.47. The van der Waals surface area contributed by atoms with Crippen LogP contribution in [-0.4, -0.2) is 55.6 Å². The predicted octanol–water partition coefficient (Wildman–Crippen LogP) is 4.08. The van der Waals surface area contributed by atoms with Crippen LogP contribution in [0.4, 0.5) is 11.4 Å². The van der Waals surface area contributed by atoms with Crippen LogP contribution in [-0.2, 0) is 14.8 Å². The molecular weight excluding hydrogens is 468 g/mol. The third kappa shape index (κ3) is 6.20. The molecule has 188 valence electrons. The Labute approximate surface area is 205 Å². The summed E-state index contributed by atoms with van der Waals surface area (Å²) in [6.07, 6.45) is 2.53. The van der Waals surface area contributed by atoms with Crippen molar-refractivity contribution in [3.8, 4) is 5.88 Å². The van der Waals surface area contributed by atoms with E-state index in [-0.39, 0.29) is 12.4 Å². The average Bonchev–Trinajstić information content (AvgIpc) is 3.10. The first-order chi connectivity index (χ1) is 16.3. The fourth-order valence-corrected chi connectivity index (χ4v) is 4.89. The summed E-state index contributed by atoms with van der Waals surface area (Å²) in [6.45, 7) is 5.68. The normalized spacial score (nSPS) is 12.7. The standard InChI is InChI=1S/C25H32N4O5S/c1-6-7-20(22-19-13-8-16(24(31)34-4)14-21(19)28-23(22)30)27-17-9-11-18(12-10-17)29(35(5,32)33)15-25(2,3)26/h8-14,28,30H,6-7,15,26H2,1-5H3. The lowest BCUT2D eigenvalue weighted by Crippen LogP contribution is -2.47. The average molecular weight is 501 g/mol. The third-order valence-electron chi connectivity index (χ3n) is 5.33. The highest BCUT2D eigenvalue weighted by molar-refractivity contribution is 7.92. The van der Waals surface area contributed by atoms with Crippen molar-refractivity contribution < 1.29 is 23.1 Å². The number of H-pyrrole nitrogens is 1. The highest BCUT2D eigenvalue weighted by Gasteiger charge is 2.24. The molecule has 0 saturated heterocycles. The van der Waals surface area contributed by atoms with E-state index in [1.165, 1.54) is 11.4 Å². The Morgan fingerprint density at radius 3 is 2.40 bits per heavy atom. The van der Waals surface area contributed by atoms with E-state index in [0.29, 0.717) is 40.2 Å². The Kier molecular flexibility index (Phi) is 7.56. The molecule has 0 aliphatic carbocycles. The number of benzene rings is 2. The second kappa shape index (κ2) is 10.1. The molecule has 10 heteroatoms. The Balaban J connectivity index is 2.02. The number of hydrogen-bond donors (Lipinski definition) is 3. The van der Waals surface area contributed by atoms with E-state index >= 15 is 0 Å². The van der Waals surface area contributed by atoms with Crippen molar-refractivity contribution in [1.29, 1.82) is 0 Å². The van der Waals surface area contributed by atoms with Crippen molar-refractivity contribution in [2.45, 2.75) is 39.2 Å². The first kappa shape index (κ1) is 26.2. The molecule has 4 N–H and O–H groups in total. The maximum absolute atomic E-state index is 12.3. The number of rotatable bonds is 9. The van der Waals surface area contributed by atoms with Gasteiger partial charge in [0.15, 0.2) is 5.88 Å². The second-order valence-electron chi connectivity index (χ2n) is 9.18. The van der Waals surface area contributed by atoms with Crippen molar-refractivity contribution in [3.63, 3.8) is 0 Å². The Bertz CT molecular complexity index is 1350. The quantitative estimate of drug-likeness (QED) is 0.299. The molecule has 0 fully saturated rings. The lowest BCUT2D eigenvalue weighted by Gasteiger charge is -2.29. The summed E-state index contributed by atoms with van der Waals surface area (Å²) in [6, 6.07) is 11.9. The second-order valence-corrected chi connectivity index (χ2v) is 11.1. The van der Waals surface area contributed by atoms with Gasteiger partial charge < -0.3 is 20.6 Å². The van der Waals surface area contributed by atoms with Gasteiger partial charge in [0.1, 0.15) is 0 Å². The van der Waals surface area contributed by atoms with E-state index in [1.807, 2.05) is 6.92 Å². The number of carbonyl (C=O) groups excluding carboxylic acids is 1. The fourth-order valence-electron chi connectivity index (χ4n) is 3.81. The van der Waals surface area contributed by atoms with Gasteiger partial charge in [-0.1, -0.05) is 19.4 Å². The molecule has 0 aliphatic rings. The maximum atomic E-state index is 12.3. The Hall–Kier alpha value is -3.37. The molecule has 0 amide bonds. The Morgan fingerprint density at radius 1 is 1.20 bits per heavy atom. The van der Waals surface area contributed by atoms with E-state index in [2.05, 4.69) is 4.98 Å². The zero-order chi connectivity index (χ0) is 26.0. The van der Waals surface area contributed by atoms with Gasteiger partial charge in [0.25, 0.3) is 0 Å². The molecule has 0 aliphatic heterocycles. The number of anilines is 1. The molecule has 9 nitrogen and oxygen atoms in total. The van der Waals surface area contributed by atoms with E-state index in [9.17, 15) is 18.3 Å². The molecule has 0 bridgehead atoms. The van der Waals surface area contributed by atoms with Gasteiger partial charge in [0.2, 0.25) is 10.0 Å². The molecule has 0 radical (unpaired) electrons. The zero-order valence-corrected chi connectivity index (χ0v) is 21.4. The lowest BCUT2D eigenvalue weighted by atomic mass is 10.0. The van der Waals surface area contributed by atoms with E-state index in [0.717, 1.165) is 18.1 Å². The van der Waals surface area contributed by atoms with Gasteiger partial charge >= 0.3 is 5.97 Å². The number of nitrogens with one attached hydrogen (secondary N) is 1. The highest BCUT2D eigenvalue weighted by Crippen LogP contribution is 2.32. The molecular formula is C25H32N4O5S. The number of hydrogen-bond acceptors (Lipinski definition) is 7. The monoisotopic (exact) mass is 500 g/mol. The number of carbonyl (C=O) groups is 1. The number of aliphatic imine (C=N–C) groups is 1. The van der Waals surface area contributed by atoms with Crippen LogP contribution in [0.1, 0.15) is 49.5 Å². The van der Waals surface area contributed by atoms with Crippen LogP contribution in [0, 0.1) is 0 Å². The molecule has 0 atom stereocenters. The lowest BCUT2D eigenvalue weighted by molar-refractivity contribution is 0.0601. The number of methoxy groups -OCH3 is 1. The summed E-state index contributed by atoms with van der Waals surface area (Å²) in [5.41, 5.74) is 8.64. The minimum atomic E-state index is -3.53. The molecule has 0 unspecified atom stereocenters. The fraction of sp³-hybridized carbons (Fsp3) is 0.360. The van der Waals surface area contributed by atoms with Crippen LogP contribution in [0.15, 0.2) is 47.5 Å². The topological polar surface area (TPSA) is 138 Å². The van der Waals surface area contributed by atoms with Crippen LogP contribution in [0.25, 0.3) is 10.9 Å². The van der Waals surface area contributed by atoms with Crippen LogP contribution in [0.3, 0.4) is 0 Å². The number of ether oxygens (including phenoxy) is 1. The number of esters is 1. The number of nitrogens with two attached hydrogens (primary N) is 1. The summed E-state index contributed by atoms with van der Waals surface area (Å²) in [5, 5.41) is 11.4. The van der Waals surface area contributed by atoms with Crippen LogP contribution < -0.4 is 10.0 Å². The first-order valence-corrected chi connectivity index (χ1v) is 13.1. The van der Waals surface area contributed by atoms with Gasteiger partial charge in [0, 0.05) is 16.4 Å². The molecule has 3 rings (SSSR count). The maximum Gasteiger partial charge on any atom is 0.337 e. The summed E-state index contributed by atoms with van der Waals surface area (Å²) in [7, 11) is -2.21. The van der Waals surface area contributed by atoms with Crippen LogP contribution in [0.2, 0.25) is 0 Å². The smallest absolute Gasteiger partial charge is 0.337 e. The van der Waals surface area contributed by atoms with Crippen molar-refractivity contribution in [3.05, 3.63) is 53.6 Å². The molecule has 1 heterocycles. The van der Waals surface area contributed by atoms with Crippen LogP contribution in [0.5, 0.6) is 5.88 Å². The Morgan fingerprint density at radius 2 is 1.86 bits per heavy atom. The first-order valence-electron chi connectivity index (χ1n) is 11.2. The number of sulfonamides is 1.